The Morgan fingerprint density at radius 2 is 1.88 bits per heavy atom. The van der Waals surface area contributed by atoms with E-state index in [1.54, 1.807) is 11.8 Å². The first-order valence-electron chi connectivity index (χ1n) is 10.7. The summed E-state index contributed by atoms with van der Waals surface area (Å²) in [6.07, 6.45) is -10.0. The zero-order valence-corrected chi connectivity index (χ0v) is 19.2. The standard InChI is InChI=1S/C21H25Cl2F5N2O3/c1-9-10-3-2-4-12(19(33)21(26,27)28)11(10)5-6-30(9)15(31)7-13-14(22)8-29-17(16(13)23)18(32)20(24)25/h8-12,18-20,32-33H,2-7H2,1H3/t9-,10+,11+,12+,18?,19?/m0/s1. The van der Waals surface area contributed by atoms with Gasteiger partial charge in [-0.25, -0.2) is 8.78 Å². The molecule has 186 valence electrons. The number of rotatable bonds is 5. The van der Waals surface area contributed by atoms with Crippen molar-refractivity contribution in [3.8, 4) is 0 Å². The Kier molecular flexibility index (Phi) is 8.13. The van der Waals surface area contributed by atoms with Crippen LogP contribution >= 0.6 is 23.2 Å². The van der Waals surface area contributed by atoms with Crippen LogP contribution in [0.1, 0.15) is 50.0 Å². The van der Waals surface area contributed by atoms with E-state index in [-0.39, 0.29) is 52.9 Å². The fourth-order valence-electron chi connectivity index (χ4n) is 5.33. The van der Waals surface area contributed by atoms with Crippen molar-refractivity contribution in [2.45, 2.75) is 69.9 Å². The van der Waals surface area contributed by atoms with Gasteiger partial charge >= 0.3 is 6.18 Å². The second kappa shape index (κ2) is 10.2. The van der Waals surface area contributed by atoms with Crippen LogP contribution < -0.4 is 0 Å². The molecule has 0 aromatic carbocycles. The summed E-state index contributed by atoms with van der Waals surface area (Å²) in [7, 11) is 0. The molecule has 2 aliphatic rings. The largest absolute Gasteiger partial charge is 0.414 e. The molecule has 1 aliphatic heterocycles. The number of nitrogens with zero attached hydrogens (tertiary/aromatic N) is 2. The van der Waals surface area contributed by atoms with Gasteiger partial charge in [0.25, 0.3) is 6.43 Å². The van der Waals surface area contributed by atoms with E-state index in [1.807, 2.05) is 0 Å². The Bertz CT molecular complexity index is 873. The molecule has 1 aliphatic carbocycles. The first-order valence-corrected chi connectivity index (χ1v) is 11.4. The van der Waals surface area contributed by atoms with E-state index < -0.39 is 42.3 Å². The lowest BCUT2D eigenvalue weighted by molar-refractivity contribution is -0.233. The average molecular weight is 519 g/mol. The van der Waals surface area contributed by atoms with Gasteiger partial charge in [0.1, 0.15) is 0 Å². The Balaban J connectivity index is 1.78. The molecular formula is C21H25Cl2F5N2O3. The Morgan fingerprint density at radius 1 is 1.21 bits per heavy atom. The normalized spacial score (nSPS) is 27.9. The van der Waals surface area contributed by atoms with E-state index >= 15 is 0 Å². The van der Waals surface area contributed by atoms with Crippen LogP contribution in [0.4, 0.5) is 22.0 Å². The molecule has 1 saturated heterocycles. The molecule has 1 aromatic rings. The van der Waals surface area contributed by atoms with Crippen LogP contribution in [0.15, 0.2) is 6.20 Å². The van der Waals surface area contributed by atoms with Gasteiger partial charge < -0.3 is 15.1 Å². The molecule has 3 rings (SSSR count). The van der Waals surface area contributed by atoms with Crippen molar-refractivity contribution in [2.75, 3.05) is 6.54 Å². The Labute approximate surface area is 197 Å². The Hall–Kier alpha value is -1.23. The molecule has 0 bridgehead atoms. The highest BCUT2D eigenvalue weighted by Gasteiger charge is 2.51. The number of pyridine rings is 1. The maximum absolute atomic E-state index is 13.1. The summed E-state index contributed by atoms with van der Waals surface area (Å²) in [6.45, 7) is 1.95. The second-order valence-corrected chi connectivity index (χ2v) is 9.55. The van der Waals surface area contributed by atoms with Gasteiger partial charge in [-0.2, -0.15) is 13.2 Å². The number of carbonyl (C=O) groups is 1. The number of amides is 1. The maximum Gasteiger partial charge on any atom is 0.414 e. The maximum atomic E-state index is 13.1. The number of halogens is 7. The highest BCUT2D eigenvalue weighted by atomic mass is 35.5. The van der Waals surface area contributed by atoms with Gasteiger partial charge in [0, 0.05) is 24.3 Å². The Morgan fingerprint density at radius 3 is 2.48 bits per heavy atom. The van der Waals surface area contributed by atoms with E-state index in [0.717, 1.165) is 6.20 Å². The lowest BCUT2D eigenvalue weighted by atomic mass is 9.64. The van der Waals surface area contributed by atoms with E-state index in [0.29, 0.717) is 19.3 Å². The van der Waals surface area contributed by atoms with Gasteiger partial charge in [0.05, 0.1) is 22.2 Å². The predicted molar refractivity (Wildman–Crippen MR) is 111 cm³/mol. The number of aromatic nitrogens is 1. The van der Waals surface area contributed by atoms with Crippen molar-refractivity contribution in [1.29, 1.82) is 0 Å². The zero-order chi connectivity index (χ0) is 24.7. The quantitative estimate of drug-likeness (QED) is 0.548. The van der Waals surface area contributed by atoms with Gasteiger partial charge in [0.2, 0.25) is 5.91 Å². The predicted octanol–water partition coefficient (Wildman–Crippen LogP) is 4.81. The molecule has 0 spiro atoms. The summed E-state index contributed by atoms with van der Waals surface area (Å²) in [5.74, 6) is -1.90. The molecule has 1 amide bonds. The number of piperidine rings is 1. The summed E-state index contributed by atoms with van der Waals surface area (Å²) in [6, 6.07) is -0.384. The van der Waals surface area contributed by atoms with Crippen LogP contribution in [-0.2, 0) is 11.2 Å². The van der Waals surface area contributed by atoms with Gasteiger partial charge in [0.15, 0.2) is 12.2 Å². The van der Waals surface area contributed by atoms with Gasteiger partial charge in [-0.3, -0.25) is 9.78 Å². The molecule has 2 heterocycles. The summed E-state index contributed by atoms with van der Waals surface area (Å²) in [5.41, 5.74) is -0.432. The van der Waals surface area contributed by atoms with Crippen molar-refractivity contribution >= 4 is 29.1 Å². The zero-order valence-electron chi connectivity index (χ0n) is 17.7. The minimum atomic E-state index is -4.70. The summed E-state index contributed by atoms with van der Waals surface area (Å²) >= 11 is 12.2. The number of carbonyl (C=O) groups excluding carboxylic acids is 1. The lowest BCUT2D eigenvalue weighted by Crippen LogP contribution is -2.55. The van der Waals surface area contributed by atoms with E-state index in [2.05, 4.69) is 4.98 Å². The molecule has 2 N–H and O–H groups in total. The highest BCUT2D eigenvalue weighted by Crippen LogP contribution is 2.47. The monoisotopic (exact) mass is 518 g/mol. The van der Waals surface area contributed by atoms with Crippen molar-refractivity contribution in [2.24, 2.45) is 17.8 Å². The average Bonchev–Trinajstić information content (AvgIpc) is 2.74. The topological polar surface area (TPSA) is 73.7 Å². The number of aliphatic hydroxyl groups excluding tert-OH is 2. The summed E-state index contributed by atoms with van der Waals surface area (Å²) in [4.78, 5) is 18.3. The molecule has 33 heavy (non-hydrogen) atoms. The molecule has 1 aromatic heterocycles. The lowest BCUT2D eigenvalue weighted by Gasteiger charge is -2.50. The SMILES string of the molecule is C[C@H]1[C@H]2CCC[C@@H](C(O)C(F)(F)F)[C@@H]2CCN1C(=O)Cc1c(Cl)cnc(C(O)C(F)F)c1Cl. The smallest absolute Gasteiger partial charge is 0.383 e. The third-order valence-electron chi connectivity index (χ3n) is 6.99. The van der Waals surface area contributed by atoms with Crippen LogP contribution in [0.3, 0.4) is 0 Å². The molecule has 5 nitrogen and oxygen atoms in total. The molecule has 2 unspecified atom stereocenters. The van der Waals surface area contributed by atoms with Crippen molar-refractivity contribution in [3.05, 3.63) is 27.5 Å². The van der Waals surface area contributed by atoms with Crippen LogP contribution in [0.25, 0.3) is 0 Å². The van der Waals surface area contributed by atoms with E-state index in [1.165, 1.54) is 0 Å². The van der Waals surface area contributed by atoms with E-state index in [9.17, 15) is 37.0 Å². The number of hydrogen-bond donors (Lipinski definition) is 2. The third-order valence-corrected chi connectivity index (χ3v) is 7.74. The molecular weight excluding hydrogens is 494 g/mol. The molecule has 1 saturated carbocycles. The van der Waals surface area contributed by atoms with E-state index in [4.69, 9.17) is 23.2 Å². The van der Waals surface area contributed by atoms with Crippen molar-refractivity contribution < 1.29 is 37.0 Å². The first-order chi connectivity index (χ1) is 15.3. The molecule has 2 fully saturated rings. The minimum Gasteiger partial charge on any atom is -0.383 e. The van der Waals surface area contributed by atoms with Crippen LogP contribution in [0.5, 0.6) is 0 Å². The summed E-state index contributed by atoms with van der Waals surface area (Å²) in [5, 5.41) is 19.2. The fourth-order valence-corrected chi connectivity index (χ4v) is 5.92. The molecule has 12 heteroatoms. The van der Waals surface area contributed by atoms with Gasteiger partial charge in [-0.15, -0.1) is 0 Å². The number of fused-ring (bicyclic) bond motifs is 1. The number of hydrogen-bond acceptors (Lipinski definition) is 4. The van der Waals surface area contributed by atoms with Crippen LogP contribution in [0.2, 0.25) is 10.0 Å². The van der Waals surface area contributed by atoms with Gasteiger partial charge in [-0.05, 0) is 43.9 Å². The number of likely N-dealkylation sites (tertiary alicyclic amines) is 1. The first kappa shape index (κ1) is 26.4. The number of aliphatic hydroxyl groups is 2. The minimum absolute atomic E-state index is 0.0212. The fraction of sp³-hybridized carbons (Fsp3) is 0.714. The van der Waals surface area contributed by atoms with Crippen LogP contribution in [-0.4, -0.2) is 57.3 Å². The second-order valence-electron chi connectivity index (χ2n) is 8.77. The third kappa shape index (κ3) is 5.39. The van der Waals surface area contributed by atoms with Gasteiger partial charge in [-0.1, -0.05) is 29.6 Å². The number of alkyl halides is 5. The molecule has 0 radical (unpaired) electrons. The van der Waals surface area contributed by atoms with Crippen molar-refractivity contribution in [1.82, 2.24) is 9.88 Å². The highest BCUT2D eigenvalue weighted by molar-refractivity contribution is 6.36. The summed E-state index contributed by atoms with van der Waals surface area (Å²) < 4.78 is 65.2. The molecule has 6 atom stereocenters. The van der Waals surface area contributed by atoms with Crippen molar-refractivity contribution in [3.63, 3.8) is 0 Å². The van der Waals surface area contributed by atoms with Crippen LogP contribution in [0, 0.1) is 17.8 Å².